The summed E-state index contributed by atoms with van der Waals surface area (Å²) in [5.41, 5.74) is 1.06. The molecule has 2 aromatic rings. The van der Waals surface area contributed by atoms with Crippen LogP contribution in [0.3, 0.4) is 0 Å². The van der Waals surface area contributed by atoms with Crippen molar-refractivity contribution in [3.63, 3.8) is 0 Å². The third kappa shape index (κ3) is 4.95. The third-order valence-corrected chi connectivity index (χ3v) is 3.81. The Morgan fingerprint density at radius 2 is 1.64 bits per heavy atom. The maximum Gasteiger partial charge on any atom is 0.266 e. The minimum atomic E-state index is -0.539. The quantitative estimate of drug-likeness (QED) is 0.554. The van der Waals surface area contributed by atoms with E-state index in [0.29, 0.717) is 40.9 Å². The van der Waals surface area contributed by atoms with E-state index in [1.54, 1.807) is 36.4 Å². The fourth-order valence-corrected chi connectivity index (χ4v) is 2.48. The van der Waals surface area contributed by atoms with E-state index in [9.17, 15) is 10.1 Å². The van der Waals surface area contributed by atoms with Crippen LogP contribution >= 0.6 is 0 Å². The largest absolute Gasteiger partial charge is 0.493 e. The van der Waals surface area contributed by atoms with E-state index in [-0.39, 0.29) is 5.57 Å². The van der Waals surface area contributed by atoms with Gasteiger partial charge in [0.15, 0.2) is 23.0 Å². The predicted molar refractivity (Wildman–Crippen MR) is 106 cm³/mol. The van der Waals surface area contributed by atoms with Crippen LogP contribution in [0.15, 0.2) is 42.0 Å². The topological polar surface area (TPSA) is 89.8 Å². The van der Waals surface area contributed by atoms with Crippen molar-refractivity contribution in [2.45, 2.75) is 6.92 Å². The summed E-state index contributed by atoms with van der Waals surface area (Å²) >= 11 is 0. The van der Waals surface area contributed by atoms with Crippen LogP contribution in [-0.2, 0) is 4.79 Å². The molecule has 1 N–H and O–H groups in total. The van der Waals surface area contributed by atoms with Crippen LogP contribution in [0.25, 0.3) is 6.08 Å². The lowest BCUT2D eigenvalue weighted by atomic mass is 10.1. The monoisotopic (exact) mass is 382 g/mol. The summed E-state index contributed by atoms with van der Waals surface area (Å²) in [6.07, 6.45) is 1.48. The van der Waals surface area contributed by atoms with Crippen molar-refractivity contribution < 1.29 is 23.7 Å². The molecular formula is C21H22N2O5. The fourth-order valence-electron chi connectivity index (χ4n) is 2.48. The van der Waals surface area contributed by atoms with E-state index in [0.717, 1.165) is 0 Å². The van der Waals surface area contributed by atoms with Gasteiger partial charge in [-0.1, -0.05) is 6.07 Å². The Hall–Kier alpha value is -3.66. The molecule has 146 valence electrons. The Bertz CT molecular complexity index is 915. The van der Waals surface area contributed by atoms with E-state index >= 15 is 0 Å². The first-order valence-corrected chi connectivity index (χ1v) is 8.52. The molecule has 0 aromatic heterocycles. The third-order valence-electron chi connectivity index (χ3n) is 3.81. The lowest BCUT2D eigenvalue weighted by Crippen LogP contribution is -2.13. The molecule has 0 atom stereocenters. The minimum absolute atomic E-state index is 0.0546. The maximum atomic E-state index is 12.5. The van der Waals surface area contributed by atoms with Crippen molar-refractivity contribution in [3.05, 3.63) is 47.5 Å². The van der Waals surface area contributed by atoms with E-state index in [2.05, 4.69) is 5.32 Å². The van der Waals surface area contributed by atoms with Crippen molar-refractivity contribution in [3.8, 4) is 29.1 Å². The zero-order chi connectivity index (χ0) is 20.5. The van der Waals surface area contributed by atoms with Crippen LogP contribution in [0.2, 0.25) is 0 Å². The van der Waals surface area contributed by atoms with Crippen LogP contribution in [0.1, 0.15) is 12.5 Å². The molecule has 0 bridgehead atoms. The van der Waals surface area contributed by atoms with Crippen molar-refractivity contribution in [2.24, 2.45) is 0 Å². The summed E-state index contributed by atoms with van der Waals surface area (Å²) in [5, 5.41) is 12.1. The SMILES string of the molecule is CCOc1ccc(/C=C(\C#N)C(=O)Nc2ccc(OC)c(OC)c2)cc1OC. The summed E-state index contributed by atoms with van der Waals surface area (Å²) in [6.45, 7) is 2.38. The number of nitrogens with zero attached hydrogens (tertiary/aromatic N) is 1. The van der Waals surface area contributed by atoms with Gasteiger partial charge in [-0.2, -0.15) is 5.26 Å². The second-order valence-electron chi connectivity index (χ2n) is 5.54. The highest BCUT2D eigenvalue weighted by Crippen LogP contribution is 2.31. The van der Waals surface area contributed by atoms with Crippen LogP contribution < -0.4 is 24.3 Å². The highest BCUT2D eigenvalue weighted by molar-refractivity contribution is 6.09. The first-order chi connectivity index (χ1) is 13.6. The van der Waals surface area contributed by atoms with Crippen molar-refractivity contribution in [1.82, 2.24) is 0 Å². The van der Waals surface area contributed by atoms with E-state index < -0.39 is 5.91 Å². The highest BCUT2D eigenvalue weighted by Gasteiger charge is 2.13. The first kappa shape index (κ1) is 20.6. The number of hydrogen-bond acceptors (Lipinski definition) is 6. The second kappa shape index (κ2) is 9.88. The van der Waals surface area contributed by atoms with Crippen LogP contribution in [0.5, 0.6) is 23.0 Å². The number of carbonyl (C=O) groups excluding carboxylic acids is 1. The molecule has 7 heteroatoms. The molecule has 0 radical (unpaired) electrons. The van der Waals surface area contributed by atoms with E-state index in [1.807, 2.05) is 13.0 Å². The van der Waals surface area contributed by atoms with Gasteiger partial charge in [-0.15, -0.1) is 0 Å². The number of benzene rings is 2. The molecule has 0 aliphatic rings. The van der Waals surface area contributed by atoms with Gasteiger partial charge in [0.2, 0.25) is 0 Å². The summed E-state index contributed by atoms with van der Waals surface area (Å²) in [7, 11) is 4.56. The molecule has 28 heavy (non-hydrogen) atoms. The molecule has 0 heterocycles. The van der Waals surface area contributed by atoms with E-state index in [4.69, 9.17) is 18.9 Å². The number of carbonyl (C=O) groups is 1. The molecule has 2 rings (SSSR count). The summed E-state index contributed by atoms with van der Waals surface area (Å²) in [5.74, 6) is 1.59. The van der Waals surface area contributed by atoms with Gasteiger partial charge in [0, 0.05) is 11.8 Å². The Balaban J connectivity index is 2.25. The highest BCUT2D eigenvalue weighted by atomic mass is 16.5. The number of ether oxygens (including phenoxy) is 4. The number of nitrogens with one attached hydrogen (secondary N) is 1. The van der Waals surface area contributed by atoms with Gasteiger partial charge in [-0.25, -0.2) is 0 Å². The zero-order valence-corrected chi connectivity index (χ0v) is 16.2. The number of methoxy groups -OCH3 is 3. The average Bonchev–Trinajstić information content (AvgIpc) is 2.72. The molecule has 2 aromatic carbocycles. The number of nitriles is 1. The van der Waals surface area contributed by atoms with Gasteiger partial charge in [0.05, 0.1) is 27.9 Å². The molecule has 0 unspecified atom stereocenters. The van der Waals surface area contributed by atoms with Gasteiger partial charge in [-0.05, 0) is 42.8 Å². The molecule has 0 fully saturated rings. The molecule has 0 saturated carbocycles. The molecule has 7 nitrogen and oxygen atoms in total. The molecule has 0 aliphatic heterocycles. The Morgan fingerprint density at radius 3 is 2.25 bits per heavy atom. The van der Waals surface area contributed by atoms with Gasteiger partial charge >= 0.3 is 0 Å². The average molecular weight is 382 g/mol. The lowest BCUT2D eigenvalue weighted by Gasteiger charge is -2.11. The van der Waals surface area contributed by atoms with Gasteiger partial charge in [0.25, 0.3) is 5.91 Å². The van der Waals surface area contributed by atoms with Crippen molar-refractivity contribution in [1.29, 1.82) is 5.26 Å². The molecular weight excluding hydrogens is 360 g/mol. The normalized spacial score (nSPS) is 10.6. The number of hydrogen-bond donors (Lipinski definition) is 1. The Kier molecular flexibility index (Phi) is 7.28. The van der Waals surface area contributed by atoms with Gasteiger partial charge in [-0.3, -0.25) is 4.79 Å². The maximum absolute atomic E-state index is 12.5. The van der Waals surface area contributed by atoms with Gasteiger partial charge in [0.1, 0.15) is 11.6 Å². The lowest BCUT2D eigenvalue weighted by molar-refractivity contribution is -0.112. The Labute approximate surface area is 164 Å². The molecule has 0 aliphatic carbocycles. The smallest absolute Gasteiger partial charge is 0.266 e. The molecule has 1 amide bonds. The van der Waals surface area contributed by atoms with Crippen LogP contribution in [0, 0.1) is 11.3 Å². The second-order valence-corrected chi connectivity index (χ2v) is 5.54. The van der Waals surface area contributed by atoms with Gasteiger partial charge < -0.3 is 24.3 Å². The summed E-state index contributed by atoms with van der Waals surface area (Å²) in [6, 6.07) is 12.0. The first-order valence-electron chi connectivity index (χ1n) is 8.52. The molecule has 0 saturated heterocycles. The zero-order valence-electron chi connectivity index (χ0n) is 16.2. The standard InChI is InChI=1S/C21H22N2O5/c1-5-28-18-8-6-14(11-19(18)26-3)10-15(13-22)21(24)23-16-7-9-17(25-2)20(12-16)27-4/h6-12H,5H2,1-4H3,(H,23,24)/b15-10+. The van der Waals surface area contributed by atoms with Crippen LogP contribution in [-0.4, -0.2) is 33.8 Å². The summed E-state index contributed by atoms with van der Waals surface area (Å²) < 4.78 is 21.1. The van der Waals surface area contributed by atoms with Crippen molar-refractivity contribution in [2.75, 3.05) is 33.3 Å². The van der Waals surface area contributed by atoms with Crippen molar-refractivity contribution >= 4 is 17.7 Å². The fraction of sp³-hybridized carbons (Fsp3) is 0.238. The van der Waals surface area contributed by atoms with E-state index in [1.165, 1.54) is 27.4 Å². The number of anilines is 1. The predicted octanol–water partition coefficient (Wildman–Crippen LogP) is 3.66. The Morgan fingerprint density at radius 1 is 1.00 bits per heavy atom. The minimum Gasteiger partial charge on any atom is -0.493 e. The number of amides is 1. The number of rotatable bonds is 8. The summed E-state index contributed by atoms with van der Waals surface area (Å²) in [4.78, 5) is 12.5. The molecule has 0 spiro atoms. The van der Waals surface area contributed by atoms with Crippen LogP contribution in [0.4, 0.5) is 5.69 Å².